The van der Waals surface area contributed by atoms with E-state index in [1.165, 1.54) is 6.20 Å². The summed E-state index contributed by atoms with van der Waals surface area (Å²) in [7, 11) is 0. The summed E-state index contributed by atoms with van der Waals surface area (Å²) in [5, 5.41) is 9.32. The molecule has 0 bridgehead atoms. The molecule has 20 heavy (non-hydrogen) atoms. The molecule has 0 saturated heterocycles. The summed E-state index contributed by atoms with van der Waals surface area (Å²) in [4.78, 5) is 12.7. The topological polar surface area (TPSA) is 83.8 Å². The fourth-order valence-corrected chi connectivity index (χ4v) is 1.98. The molecule has 1 aromatic heterocycles. The van der Waals surface area contributed by atoms with Gasteiger partial charge in [-0.15, -0.1) is 0 Å². The van der Waals surface area contributed by atoms with Crippen molar-refractivity contribution in [2.45, 2.75) is 19.3 Å². The zero-order chi connectivity index (χ0) is 14.8. The van der Waals surface area contributed by atoms with Gasteiger partial charge >= 0.3 is 0 Å². The number of nitrogens with zero attached hydrogens (tertiary/aromatic N) is 1. The molecule has 4 N–H and O–H groups in total. The second-order valence-electron chi connectivity index (χ2n) is 4.97. The molecule has 1 heterocycles. The van der Waals surface area contributed by atoms with Crippen LogP contribution in [0.5, 0.6) is 0 Å². The lowest BCUT2D eigenvalue weighted by atomic mass is 9.84. The van der Waals surface area contributed by atoms with Gasteiger partial charge in [0.05, 0.1) is 17.2 Å². The van der Waals surface area contributed by atoms with E-state index in [0.29, 0.717) is 11.4 Å². The van der Waals surface area contributed by atoms with Crippen molar-refractivity contribution < 1.29 is 4.79 Å². The smallest absolute Gasteiger partial charge is 0.235 e. The molecule has 0 saturated carbocycles. The summed E-state index contributed by atoms with van der Waals surface area (Å²) >= 11 is 4.91. The first-order valence-corrected chi connectivity index (χ1v) is 6.54. The van der Waals surface area contributed by atoms with Crippen LogP contribution >= 0.6 is 12.2 Å². The first-order chi connectivity index (χ1) is 9.43. The quantitative estimate of drug-likeness (QED) is 0.751. The van der Waals surface area contributed by atoms with Crippen LogP contribution in [-0.4, -0.2) is 21.1 Å². The molecule has 2 aromatic rings. The average molecular weight is 288 g/mol. The van der Waals surface area contributed by atoms with Crippen molar-refractivity contribution in [3.63, 3.8) is 0 Å². The maximum Gasteiger partial charge on any atom is 0.235 e. The number of nitrogens with two attached hydrogens (primary N) is 1. The maximum atomic E-state index is 12.5. The van der Waals surface area contributed by atoms with Gasteiger partial charge in [-0.1, -0.05) is 42.5 Å². The Morgan fingerprint density at radius 1 is 1.35 bits per heavy atom. The third kappa shape index (κ3) is 2.70. The maximum absolute atomic E-state index is 12.5. The monoisotopic (exact) mass is 288 g/mol. The van der Waals surface area contributed by atoms with Crippen LogP contribution in [0.25, 0.3) is 0 Å². The predicted octanol–water partition coefficient (Wildman–Crippen LogP) is 1.96. The van der Waals surface area contributed by atoms with Crippen LogP contribution in [0.4, 0.5) is 5.82 Å². The molecule has 6 heteroatoms. The summed E-state index contributed by atoms with van der Waals surface area (Å²) in [6, 6.07) is 9.56. The minimum absolute atomic E-state index is 0.162. The summed E-state index contributed by atoms with van der Waals surface area (Å²) in [5.74, 6) is 0.261. The Bertz CT molecular complexity index is 634. The van der Waals surface area contributed by atoms with Gasteiger partial charge < -0.3 is 11.1 Å². The fraction of sp³-hybridized carbons (Fsp3) is 0.214. The summed E-state index contributed by atoms with van der Waals surface area (Å²) < 4.78 is 0. The number of H-pyrrole nitrogens is 1. The summed E-state index contributed by atoms with van der Waals surface area (Å²) in [6.07, 6.45) is 1.49. The normalized spacial score (nSPS) is 11.1. The minimum atomic E-state index is -0.681. The molecule has 0 aliphatic rings. The van der Waals surface area contributed by atoms with Gasteiger partial charge in [-0.2, -0.15) is 5.10 Å². The van der Waals surface area contributed by atoms with E-state index < -0.39 is 5.41 Å². The number of aromatic amines is 1. The zero-order valence-electron chi connectivity index (χ0n) is 11.3. The van der Waals surface area contributed by atoms with Crippen molar-refractivity contribution in [3.8, 4) is 0 Å². The number of amides is 1. The van der Waals surface area contributed by atoms with Crippen LogP contribution in [0.1, 0.15) is 25.0 Å². The number of anilines is 1. The molecule has 5 nitrogen and oxygen atoms in total. The second kappa shape index (κ2) is 5.42. The first kappa shape index (κ1) is 14.2. The van der Waals surface area contributed by atoms with Crippen molar-refractivity contribution in [2.24, 2.45) is 5.73 Å². The molecular formula is C14H16N4OS. The molecule has 1 amide bonds. The molecule has 2 rings (SSSR count). The number of carbonyl (C=O) groups is 1. The van der Waals surface area contributed by atoms with Crippen molar-refractivity contribution in [1.29, 1.82) is 0 Å². The van der Waals surface area contributed by atoms with Crippen molar-refractivity contribution >= 4 is 28.9 Å². The van der Waals surface area contributed by atoms with E-state index in [0.717, 1.165) is 5.56 Å². The fourth-order valence-electron chi connectivity index (χ4n) is 1.82. The lowest BCUT2D eigenvalue weighted by Gasteiger charge is -2.23. The van der Waals surface area contributed by atoms with E-state index >= 15 is 0 Å². The van der Waals surface area contributed by atoms with E-state index in [9.17, 15) is 4.79 Å². The average Bonchev–Trinajstić information content (AvgIpc) is 2.88. The highest BCUT2D eigenvalue weighted by Crippen LogP contribution is 2.25. The zero-order valence-corrected chi connectivity index (χ0v) is 12.1. The molecule has 0 aliphatic heterocycles. The van der Waals surface area contributed by atoms with Crippen molar-refractivity contribution in [2.75, 3.05) is 5.32 Å². The number of hydrogen-bond donors (Lipinski definition) is 3. The van der Waals surface area contributed by atoms with E-state index in [-0.39, 0.29) is 10.9 Å². The lowest BCUT2D eigenvalue weighted by Crippen LogP contribution is -2.35. The van der Waals surface area contributed by atoms with Crippen LogP contribution in [-0.2, 0) is 10.2 Å². The number of rotatable bonds is 4. The number of hydrogen-bond acceptors (Lipinski definition) is 3. The number of aromatic nitrogens is 2. The number of carbonyl (C=O) groups excluding carboxylic acids is 1. The van der Waals surface area contributed by atoms with Gasteiger partial charge in [-0.05, 0) is 19.4 Å². The van der Waals surface area contributed by atoms with Gasteiger partial charge in [0.25, 0.3) is 0 Å². The molecule has 104 valence electrons. The molecule has 0 unspecified atom stereocenters. The number of nitrogens with one attached hydrogen (secondary N) is 2. The molecule has 0 fully saturated rings. The Labute approximate surface area is 122 Å². The van der Waals surface area contributed by atoms with Gasteiger partial charge in [0.15, 0.2) is 0 Å². The standard InChI is InChI=1S/C14H16N4OS/c1-14(2,9-6-4-3-5-7-9)13(19)17-12-10(11(15)20)8-16-18-12/h3-8H,1-2H3,(H2,15,20)(H2,16,17,18,19). The van der Waals surface area contributed by atoms with Gasteiger partial charge in [-0.25, -0.2) is 0 Å². The van der Waals surface area contributed by atoms with Gasteiger partial charge in [0.1, 0.15) is 10.8 Å². The van der Waals surface area contributed by atoms with E-state index in [2.05, 4.69) is 15.5 Å². The largest absolute Gasteiger partial charge is 0.389 e. The summed E-state index contributed by atoms with van der Waals surface area (Å²) in [5.41, 5.74) is 6.34. The van der Waals surface area contributed by atoms with E-state index in [1.807, 2.05) is 44.2 Å². The molecule has 0 aliphatic carbocycles. The Kier molecular flexibility index (Phi) is 3.85. The molecule has 0 spiro atoms. The highest BCUT2D eigenvalue weighted by molar-refractivity contribution is 7.80. The summed E-state index contributed by atoms with van der Waals surface area (Å²) in [6.45, 7) is 3.71. The van der Waals surface area contributed by atoms with Crippen LogP contribution < -0.4 is 11.1 Å². The molecule has 0 atom stereocenters. The van der Waals surface area contributed by atoms with Gasteiger partial charge in [0, 0.05) is 0 Å². The minimum Gasteiger partial charge on any atom is -0.389 e. The third-order valence-electron chi connectivity index (χ3n) is 3.21. The Balaban J connectivity index is 2.24. The first-order valence-electron chi connectivity index (χ1n) is 6.13. The van der Waals surface area contributed by atoms with Crippen LogP contribution in [0.2, 0.25) is 0 Å². The number of benzene rings is 1. The Hall–Kier alpha value is -2.21. The van der Waals surface area contributed by atoms with Crippen molar-refractivity contribution in [3.05, 3.63) is 47.7 Å². The van der Waals surface area contributed by atoms with Crippen LogP contribution in [0.15, 0.2) is 36.5 Å². The van der Waals surface area contributed by atoms with Crippen molar-refractivity contribution in [1.82, 2.24) is 10.2 Å². The molecule has 0 radical (unpaired) electrons. The van der Waals surface area contributed by atoms with E-state index in [1.54, 1.807) is 0 Å². The highest BCUT2D eigenvalue weighted by Gasteiger charge is 2.30. The van der Waals surface area contributed by atoms with Gasteiger partial charge in [0.2, 0.25) is 5.91 Å². The molecule has 1 aromatic carbocycles. The Morgan fingerprint density at radius 2 is 2.00 bits per heavy atom. The lowest BCUT2D eigenvalue weighted by molar-refractivity contribution is -0.120. The third-order valence-corrected chi connectivity index (χ3v) is 3.43. The number of thiocarbonyl (C=S) groups is 1. The SMILES string of the molecule is CC(C)(C(=O)Nc1[nH]ncc1C(N)=S)c1ccccc1. The highest BCUT2D eigenvalue weighted by atomic mass is 32.1. The van der Waals surface area contributed by atoms with Crippen LogP contribution in [0.3, 0.4) is 0 Å². The Morgan fingerprint density at radius 3 is 2.60 bits per heavy atom. The second-order valence-corrected chi connectivity index (χ2v) is 5.41. The van der Waals surface area contributed by atoms with Crippen LogP contribution in [0, 0.1) is 0 Å². The molecular weight excluding hydrogens is 272 g/mol. The van der Waals surface area contributed by atoms with E-state index in [4.69, 9.17) is 18.0 Å². The van der Waals surface area contributed by atoms with Gasteiger partial charge in [-0.3, -0.25) is 9.89 Å². The predicted molar refractivity (Wildman–Crippen MR) is 82.6 cm³/mol.